The molecule has 0 rings (SSSR count). The molecule has 0 aliphatic rings. The van der Waals surface area contributed by atoms with Crippen LogP contribution in [0.4, 0.5) is 26.3 Å². The van der Waals surface area contributed by atoms with Gasteiger partial charge >= 0.3 is 12.6 Å². The van der Waals surface area contributed by atoms with E-state index in [1.807, 2.05) is 0 Å². The molecule has 0 saturated carbocycles. The Morgan fingerprint density at radius 1 is 0.931 bits per heavy atom. The molecular weight excluding hydrogens is 430 g/mol. The maximum absolute atomic E-state index is 12.6. The lowest BCUT2D eigenvalue weighted by molar-refractivity contribution is -0.373. The zero-order valence-electron chi connectivity index (χ0n) is 17.0. The fraction of sp³-hybridized carbons (Fsp3) is 0.938. The van der Waals surface area contributed by atoms with Gasteiger partial charge in [0.2, 0.25) is 5.91 Å². The van der Waals surface area contributed by atoms with E-state index < -0.39 is 63.1 Å². The van der Waals surface area contributed by atoms with Gasteiger partial charge in [-0.2, -0.15) is 34.8 Å². The van der Waals surface area contributed by atoms with Crippen LogP contribution in [0.2, 0.25) is 0 Å². The first-order chi connectivity index (χ1) is 12.6. The first kappa shape index (κ1) is 27.9. The second kappa shape index (κ2) is 9.38. The van der Waals surface area contributed by atoms with Crippen molar-refractivity contribution in [3.05, 3.63) is 0 Å². The lowest BCUT2D eigenvalue weighted by atomic mass is 9.72. The largest absolute Gasteiger partial charge is 0.467 e. The summed E-state index contributed by atoms with van der Waals surface area (Å²) in [6.45, 7) is 4.86. The number of carbonyl (C=O) groups excluding carboxylic acids is 1. The van der Waals surface area contributed by atoms with Crippen LogP contribution >= 0.6 is 0 Å². The molecule has 0 aliphatic heterocycles. The molecule has 0 aromatic heterocycles. The molecule has 0 heterocycles. The molecule has 1 amide bonds. The van der Waals surface area contributed by atoms with E-state index in [-0.39, 0.29) is 19.4 Å². The average molecular weight is 458 g/mol. The highest BCUT2D eigenvalue weighted by atomic mass is 32.2. The zero-order chi connectivity index (χ0) is 23.5. The first-order valence-corrected chi connectivity index (χ1v) is 10.3. The van der Waals surface area contributed by atoms with Crippen LogP contribution in [0.25, 0.3) is 0 Å². The van der Waals surface area contributed by atoms with Crippen LogP contribution in [0.5, 0.6) is 0 Å². The minimum atomic E-state index is -5.53. The number of rotatable bonds is 10. The molecule has 0 aromatic rings. The minimum absolute atomic E-state index is 0.00109. The molecule has 0 spiro atoms. The highest BCUT2D eigenvalue weighted by Gasteiger charge is 2.53. The van der Waals surface area contributed by atoms with Gasteiger partial charge < -0.3 is 4.90 Å². The normalized spacial score (nSPS) is 14.4. The van der Waals surface area contributed by atoms with Crippen molar-refractivity contribution in [1.82, 2.24) is 9.80 Å². The first-order valence-electron chi connectivity index (χ1n) is 8.70. The molecule has 29 heavy (non-hydrogen) atoms. The fourth-order valence-electron chi connectivity index (χ4n) is 3.34. The van der Waals surface area contributed by atoms with Crippen LogP contribution in [-0.4, -0.2) is 67.2 Å². The lowest BCUT2D eigenvalue weighted by Gasteiger charge is -2.37. The third-order valence-corrected chi connectivity index (χ3v) is 5.08. The summed E-state index contributed by atoms with van der Waals surface area (Å²) >= 11 is 0. The van der Waals surface area contributed by atoms with E-state index in [1.54, 1.807) is 27.7 Å². The second-order valence-electron chi connectivity index (χ2n) is 8.43. The van der Waals surface area contributed by atoms with Crippen LogP contribution in [0.1, 0.15) is 47.0 Å². The highest BCUT2D eigenvalue weighted by molar-refractivity contribution is 7.85. The Morgan fingerprint density at radius 3 is 1.76 bits per heavy atom. The average Bonchev–Trinajstić information content (AvgIpc) is 2.43. The van der Waals surface area contributed by atoms with Crippen molar-refractivity contribution in [2.75, 3.05) is 25.9 Å². The summed E-state index contributed by atoms with van der Waals surface area (Å²) in [7, 11) is -2.92. The summed E-state index contributed by atoms with van der Waals surface area (Å²) < 4.78 is 106. The number of halogens is 6. The van der Waals surface area contributed by atoms with Crippen LogP contribution in [0.3, 0.4) is 0 Å². The molecule has 6 nitrogen and oxygen atoms in total. The Hall–Kier alpha value is -1.08. The molecule has 0 bridgehead atoms. The molecule has 0 aromatic carbocycles. The molecule has 0 aliphatic carbocycles. The molecule has 0 atom stereocenters. The maximum atomic E-state index is 12.6. The van der Waals surface area contributed by atoms with Crippen molar-refractivity contribution in [3.63, 3.8) is 0 Å². The van der Waals surface area contributed by atoms with Crippen molar-refractivity contribution in [2.45, 2.75) is 59.6 Å². The van der Waals surface area contributed by atoms with Crippen molar-refractivity contribution < 1.29 is 44.1 Å². The standard InChI is InChI=1S/C16H28F6N2O4S/c1-13(2,7-6-8-24(15(17,18)19)16(20,21)22)11-14(3,4)12(25)23(5)9-10-29(26,27)28/h6-11H2,1-5H3,(H,26,27,28). The fourth-order valence-corrected chi connectivity index (χ4v) is 3.85. The summed E-state index contributed by atoms with van der Waals surface area (Å²) in [5.41, 5.74) is -1.81. The highest BCUT2D eigenvalue weighted by Crippen LogP contribution is 2.39. The minimum Gasteiger partial charge on any atom is -0.344 e. The second-order valence-corrected chi connectivity index (χ2v) is 10.0. The number of carbonyl (C=O) groups is 1. The number of hydrogen-bond acceptors (Lipinski definition) is 4. The van der Waals surface area contributed by atoms with E-state index in [0.29, 0.717) is 0 Å². The van der Waals surface area contributed by atoms with E-state index in [1.165, 1.54) is 7.05 Å². The Labute approximate surface area is 167 Å². The van der Waals surface area contributed by atoms with Gasteiger partial charge in [-0.05, 0) is 24.7 Å². The van der Waals surface area contributed by atoms with Crippen LogP contribution in [0.15, 0.2) is 0 Å². The SMILES string of the molecule is CN(CCS(=O)(=O)O)C(=O)C(C)(C)CC(C)(C)CCCN(C(F)(F)F)C(F)(F)F. The third-order valence-electron chi connectivity index (χ3n) is 4.38. The monoisotopic (exact) mass is 458 g/mol. The van der Waals surface area contributed by atoms with Gasteiger partial charge in [0, 0.05) is 25.6 Å². The number of amides is 1. The van der Waals surface area contributed by atoms with Gasteiger partial charge in [-0.3, -0.25) is 9.35 Å². The van der Waals surface area contributed by atoms with Crippen LogP contribution in [-0.2, 0) is 14.9 Å². The predicted molar refractivity (Wildman–Crippen MR) is 94.3 cm³/mol. The number of alkyl halides is 6. The Balaban J connectivity index is 4.95. The quantitative estimate of drug-likeness (QED) is 0.305. The summed E-state index contributed by atoms with van der Waals surface area (Å²) in [4.78, 5) is 12.2. The van der Waals surface area contributed by atoms with E-state index >= 15 is 0 Å². The van der Waals surface area contributed by atoms with E-state index in [9.17, 15) is 39.6 Å². The Bertz CT molecular complexity index is 645. The Morgan fingerprint density at radius 2 is 1.38 bits per heavy atom. The maximum Gasteiger partial charge on any atom is 0.467 e. The van der Waals surface area contributed by atoms with Crippen molar-refractivity contribution in [3.8, 4) is 0 Å². The van der Waals surface area contributed by atoms with Crippen molar-refractivity contribution in [1.29, 1.82) is 0 Å². The van der Waals surface area contributed by atoms with E-state index in [0.717, 1.165) is 4.90 Å². The molecule has 0 saturated heterocycles. The zero-order valence-corrected chi connectivity index (χ0v) is 17.8. The van der Waals surface area contributed by atoms with Gasteiger partial charge in [-0.15, -0.1) is 4.90 Å². The molecule has 0 radical (unpaired) electrons. The summed E-state index contributed by atoms with van der Waals surface area (Å²) in [6, 6.07) is 0. The summed E-state index contributed by atoms with van der Waals surface area (Å²) in [5.74, 6) is -1.11. The van der Waals surface area contributed by atoms with Gasteiger partial charge in [0.05, 0.1) is 5.75 Å². The third kappa shape index (κ3) is 10.5. The number of nitrogens with zero attached hydrogens (tertiary/aromatic N) is 2. The molecule has 1 N–H and O–H groups in total. The van der Waals surface area contributed by atoms with Gasteiger partial charge in [0.1, 0.15) is 0 Å². The molecular formula is C16H28F6N2O4S. The van der Waals surface area contributed by atoms with Gasteiger partial charge in [0.25, 0.3) is 10.1 Å². The summed E-state index contributed by atoms with van der Waals surface area (Å²) in [5, 5.41) is 0. The van der Waals surface area contributed by atoms with Gasteiger partial charge in [-0.1, -0.05) is 27.7 Å². The molecule has 13 heteroatoms. The van der Waals surface area contributed by atoms with Crippen LogP contribution in [0, 0.1) is 10.8 Å². The smallest absolute Gasteiger partial charge is 0.344 e. The predicted octanol–water partition coefficient (Wildman–Crippen LogP) is 3.90. The van der Waals surface area contributed by atoms with E-state index in [4.69, 9.17) is 4.55 Å². The topological polar surface area (TPSA) is 77.9 Å². The Kier molecular flexibility index (Phi) is 9.03. The summed E-state index contributed by atoms with van der Waals surface area (Å²) in [6.07, 6.45) is -11.3. The lowest BCUT2D eigenvalue weighted by Crippen LogP contribution is -2.48. The van der Waals surface area contributed by atoms with Gasteiger partial charge in [0.15, 0.2) is 0 Å². The van der Waals surface area contributed by atoms with Gasteiger partial charge in [-0.25, -0.2) is 0 Å². The van der Waals surface area contributed by atoms with Crippen molar-refractivity contribution >= 4 is 16.0 Å². The number of hydrogen-bond donors (Lipinski definition) is 1. The molecule has 0 unspecified atom stereocenters. The van der Waals surface area contributed by atoms with Crippen LogP contribution < -0.4 is 0 Å². The van der Waals surface area contributed by atoms with Crippen molar-refractivity contribution in [2.24, 2.45) is 10.8 Å². The van der Waals surface area contributed by atoms with E-state index in [2.05, 4.69) is 0 Å². The molecule has 0 fully saturated rings. The molecule has 174 valence electrons.